The van der Waals surface area contributed by atoms with E-state index in [9.17, 15) is 9.18 Å². The van der Waals surface area contributed by atoms with Gasteiger partial charge in [0.1, 0.15) is 5.82 Å². The van der Waals surface area contributed by atoms with Crippen LogP contribution in [0.5, 0.6) is 0 Å². The van der Waals surface area contributed by atoms with Gasteiger partial charge in [-0.15, -0.1) is 0 Å². The number of nitrogens with two attached hydrogens (primary N) is 1. The van der Waals surface area contributed by atoms with Crippen LogP contribution < -0.4 is 5.73 Å². The van der Waals surface area contributed by atoms with Crippen molar-refractivity contribution in [3.8, 4) is 0 Å². The SMILES string of the molecule is CCOC(=O)C(C)(c1cc(F)ccc1N)C(C)C. The van der Waals surface area contributed by atoms with Crippen LogP contribution in [0.1, 0.15) is 33.3 Å². The smallest absolute Gasteiger partial charge is 0.316 e. The highest BCUT2D eigenvalue weighted by Gasteiger charge is 2.41. The van der Waals surface area contributed by atoms with E-state index in [2.05, 4.69) is 0 Å². The highest BCUT2D eigenvalue weighted by Crippen LogP contribution is 2.37. The molecule has 0 aliphatic heterocycles. The van der Waals surface area contributed by atoms with Crippen molar-refractivity contribution in [2.45, 2.75) is 33.1 Å². The van der Waals surface area contributed by atoms with Crippen molar-refractivity contribution in [3.63, 3.8) is 0 Å². The molecule has 3 nitrogen and oxygen atoms in total. The minimum Gasteiger partial charge on any atom is -0.465 e. The second kappa shape index (κ2) is 5.38. The van der Waals surface area contributed by atoms with E-state index in [0.717, 1.165) is 0 Å². The molecule has 0 amide bonds. The van der Waals surface area contributed by atoms with Gasteiger partial charge < -0.3 is 10.5 Å². The number of hydrogen-bond donors (Lipinski definition) is 1. The minimum absolute atomic E-state index is 0.0550. The lowest BCUT2D eigenvalue weighted by Crippen LogP contribution is -2.40. The fraction of sp³-hybridized carbons (Fsp3) is 0.500. The van der Waals surface area contributed by atoms with Gasteiger partial charge in [0.05, 0.1) is 12.0 Å². The third kappa shape index (κ3) is 2.47. The predicted octanol–water partition coefficient (Wildman–Crippen LogP) is 2.88. The van der Waals surface area contributed by atoms with E-state index in [1.54, 1.807) is 13.8 Å². The normalized spacial score (nSPS) is 14.3. The van der Waals surface area contributed by atoms with Gasteiger partial charge in [0.2, 0.25) is 0 Å². The fourth-order valence-electron chi connectivity index (χ4n) is 1.92. The number of nitrogen functional groups attached to an aromatic ring is 1. The van der Waals surface area contributed by atoms with Crippen molar-refractivity contribution in [2.75, 3.05) is 12.3 Å². The Balaban J connectivity index is 3.35. The molecule has 1 rings (SSSR count). The topological polar surface area (TPSA) is 52.3 Å². The molecular formula is C14H20FNO2. The average Bonchev–Trinajstić information content (AvgIpc) is 2.31. The van der Waals surface area contributed by atoms with E-state index in [1.165, 1.54) is 18.2 Å². The number of anilines is 1. The third-order valence-electron chi connectivity index (χ3n) is 3.43. The standard InChI is InChI=1S/C14H20FNO2/c1-5-18-13(17)14(4,9(2)3)11-8-10(15)6-7-12(11)16/h6-9H,5,16H2,1-4H3. The van der Waals surface area contributed by atoms with Crippen LogP contribution in [0.2, 0.25) is 0 Å². The first-order chi connectivity index (χ1) is 8.33. The molecule has 1 atom stereocenters. The van der Waals surface area contributed by atoms with Crippen LogP contribution in [-0.4, -0.2) is 12.6 Å². The van der Waals surface area contributed by atoms with Gasteiger partial charge in [-0.2, -0.15) is 0 Å². The fourth-order valence-corrected chi connectivity index (χ4v) is 1.92. The molecular weight excluding hydrogens is 233 g/mol. The number of ether oxygens (including phenoxy) is 1. The van der Waals surface area contributed by atoms with E-state index in [0.29, 0.717) is 11.3 Å². The van der Waals surface area contributed by atoms with Gasteiger partial charge in [-0.05, 0) is 43.5 Å². The number of hydrogen-bond acceptors (Lipinski definition) is 3. The van der Waals surface area contributed by atoms with E-state index in [-0.39, 0.29) is 18.5 Å². The number of esters is 1. The largest absolute Gasteiger partial charge is 0.465 e. The third-order valence-corrected chi connectivity index (χ3v) is 3.43. The summed E-state index contributed by atoms with van der Waals surface area (Å²) in [6, 6.07) is 4.07. The Morgan fingerprint density at radius 2 is 2.11 bits per heavy atom. The molecule has 0 aromatic heterocycles. The molecule has 100 valence electrons. The van der Waals surface area contributed by atoms with Crippen molar-refractivity contribution in [3.05, 3.63) is 29.6 Å². The lowest BCUT2D eigenvalue weighted by atomic mass is 9.72. The highest BCUT2D eigenvalue weighted by molar-refractivity contribution is 5.85. The van der Waals surface area contributed by atoms with Crippen LogP contribution in [-0.2, 0) is 14.9 Å². The quantitative estimate of drug-likeness (QED) is 0.663. The molecule has 4 heteroatoms. The van der Waals surface area contributed by atoms with Crippen molar-refractivity contribution >= 4 is 11.7 Å². The van der Waals surface area contributed by atoms with E-state index in [4.69, 9.17) is 10.5 Å². The molecule has 0 aliphatic carbocycles. The summed E-state index contributed by atoms with van der Waals surface area (Å²) in [7, 11) is 0. The van der Waals surface area contributed by atoms with Crippen LogP contribution >= 0.6 is 0 Å². The molecule has 1 aromatic rings. The maximum atomic E-state index is 13.4. The molecule has 18 heavy (non-hydrogen) atoms. The number of halogens is 1. The minimum atomic E-state index is -0.942. The molecule has 0 saturated heterocycles. The Labute approximate surface area is 107 Å². The molecule has 1 aromatic carbocycles. The number of benzene rings is 1. The van der Waals surface area contributed by atoms with E-state index < -0.39 is 11.2 Å². The molecule has 2 N–H and O–H groups in total. The summed E-state index contributed by atoms with van der Waals surface area (Å²) in [5, 5.41) is 0. The highest BCUT2D eigenvalue weighted by atomic mass is 19.1. The van der Waals surface area contributed by atoms with Crippen molar-refractivity contribution in [1.82, 2.24) is 0 Å². The second-order valence-corrected chi connectivity index (χ2v) is 4.81. The molecule has 0 radical (unpaired) electrons. The summed E-state index contributed by atoms with van der Waals surface area (Å²) in [5.74, 6) is -0.840. The Kier molecular flexibility index (Phi) is 4.33. The summed E-state index contributed by atoms with van der Waals surface area (Å²) in [5.41, 5.74) is 5.82. The van der Waals surface area contributed by atoms with Crippen LogP contribution in [0.25, 0.3) is 0 Å². The van der Waals surface area contributed by atoms with E-state index >= 15 is 0 Å². The Morgan fingerprint density at radius 3 is 2.61 bits per heavy atom. The second-order valence-electron chi connectivity index (χ2n) is 4.81. The average molecular weight is 253 g/mol. The lowest BCUT2D eigenvalue weighted by Gasteiger charge is -2.32. The molecule has 0 fully saturated rings. The van der Waals surface area contributed by atoms with Crippen molar-refractivity contribution < 1.29 is 13.9 Å². The number of carbonyl (C=O) groups is 1. The maximum absolute atomic E-state index is 13.4. The van der Waals surface area contributed by atoms with Gasteiger partial charge in [0, 0.05) is 5.69 Å². The number of carbonyl (C=O) groups excluding carboxylic acids is 1. The zero-order valence-electron chi connectivity index (χ0n) is 11.3. The van der Waals surface area contributed by atoms with Crippen LogP contribution in [0.15, 0.2) is 18.2 Å². The van der Waals surface area contributed by atoms with Crippen molar-refractivity contribution in [2.24, 2.45) is 5.92 Å². The Bertz CT molecular complexity index is 445. The van der Waals surface area contributed by atoms with Gasteiger partial charge in [0.25, 0.3) is 0 Å². The molecule has 0 bridgehead atoms. The molecule has 0 spiro atoms. The zero-order valence-corrected chi connectivity index (χ0v) is 11.3. The van der Waals surface area contributed by atoms with Crippen LogP contribution in [0, 0.1) is 11.7 Å². The predicted molar refractivity (Wildman–Crippen MR) is 69.6 cm³/mol. The van der Waals surface area contributed by atoms with Gasteiger partial charge >= 0.3 is 5.97 Å². The summed E-state index contributed by atoms with van der Waals surface area (Å²) in [6.07, 6.45) is 0. The Morgan fingerprint density at radius 1 is 1.50 bits per heavy atom. The van der Waals surface area contributed by atoms with Gasteiger partial charge in [-0.25, -0.2) is 4.39 Å². The van der Waals surface area contributed by atoms with Crippen LogP contribution in [0.3, 0.4) is 0 Å². The number of rotatable bonds is 4. The molecule has 1 unspecified atom stereocenters. The summed E-state index contributed by atoms with van der Waals surface area (Å²) >= 11 is 0. The van der Waals surface area contributed by atoms with Crippen molar-refractivity contribution in [1.29, 1.82) is 0 Å². The molecule has 0 aliphatic rings. The van der Waals surface area contributed by atoms with E-state index in [1.807, 2.05) is 13.8 Å². The lowest BCUT2D eigenvalue weighted by molar-refractivity contribution is -0.151. The van der Waals surface area contributed by atoms with Gasteiger partial charge in [0.15, 0.2) is 0 Å². The Hall–Kier alpha value is -1.58. The molecule has 0 heterocycles. The van der Waals surface area contributed by atoms with Crippen LogP contribution in [0.4, 0.5) is 10.1 Å². The maximum Gasteiger partial charge on any atom is 0.316 e. The first kappa shape index (κ1) is 14.5. The zero-order chi connectivity index (χ0) is 13.9. The van der Waals surface area contributed by atoms with Gasteiger partial charge in [-0.3, -0.25) is 4.79 Å². The summed E-state index contributed by atoms with van der Waals surface area (Å²) in [6.45, 7) is 7.55. The van der Waals surface area contributed by atoms with Gasteiger partial charge in [-0.1, -0.05) is 13.8 Å². The summed E-state index contributed by atoms with van der Waals surface area (Å²) < 4.78 is 18.5. The first-order valence-electron chi connectivity index (χ1n) is 6.06. The monoisotopic (exact) mass is 253 g/mol. The first-order valence-corrected chi connectivity index (χ1v) is 6.06. The summed E-state index contributed by atoms with van der Waals surface area (Å²) in [4.78, 5) is 12.2. The molecule has 0 saturated carbocycles.